The van der Waals surface area contributed by atoms with E-state index in [2.05, 4.69) is 0 Å². The Morgan fingerprint density at radius 1 is 1.45 bits per heavy atom. The average Bonchev–Trinajstić information content (AvgIpc) is 2.48. The van der Waals surface area contributed by atoms with Crippen molar-refractivity contribution in [2.75, 3.05) is 13.1 Å². The second-order valence-electron chi connectivity index (χ2n) is 5.43. The normalized spacial score (nSPS) is 18.1. The predicted octanol–water partition coefficient (Wildman–Crippen LogP) is 3.28. The van der Waals surface area contributed by atoms with Gasteiger partial charge in [0.05, 0.1) is 5.02 Å². The van der Waals surface area contributed by atoms with Crippen molar-refractivity contribution in [1.82, 2.24) is 4.90 Å². The summed E-state index contributed by atoms with van der Waals surface area (Å²) in [6.07, 6.45) is 3.06. The Bertz CT molecular complexity index is 566. The SMILES string of the molecule is N=C(N)N1CCCC(CCC(=O)Oc2ccc(Cl)cc2Cl)C1. The van der Waals surface area contributed by atoms with Crippen LogP contribution in [0.2, 0.25) is 10.0 Å². The molecule has 1 saturated heterocycles. The molecule has 7 heteroatoms. The summed E-state index contributed by atoms with van der Waals surface area (Å²) in [6, 6.07) is 4.75. The molecule has 1 aromatic rings. The highest BCUT2D eigenvalue weighted by atomic mass is 35.5. The van der Waals surface area contributed by atoms with Crippen LogP contribution in [0, 0.1) is 11.3 Å². The molecule has 1 aliphatic heterocycles. The number of hydrogen-bond acceptors (Lipinski definition) is 3. The van der Waals surface area contributed by atoms with Crippen molar-refractivity contribution in [3.63, 3.8) is 0 Å². The molecule has 0 bridgehead atoms. The number of halogens is 2. The van der Waals surface area contributed by atoms with Gasteiger partial charge in [-0.1, -0.05) is 23.2 Å². The van der Waals surface area contributed by atoms with Crippen LogP contribution in [0.15, 0.2) is 18.2 Å². The summed E-state index contributed by atoms with van der Waals surface area (Å²) in [5.41, 5.74) is 5.51. The van der Waals surface area contributed by atoms with E-state index in [-0.39, 0.29) is 11.9 Å². The molecule has 1 fully saturated rings. The highest BCUT2D eigenvalue weighted by molar-refractivity contribution is 6.35. The molecule has 1 aromatic carbocycles. The number of carbonyl (C=O) groups is 1. The van der Waals surface area contributed by atoms with Gasteiger partial charge in [0.15, 0.2) is 5.96 Å². The topological polar surface area (TPSA) is 79.4 Å². The number of nitrogens with zero attached hydrogens (tertiary/aromatic N) is 1. The van der Waals surface area contributed by atoms with Gasteiger partial charge in [0.2, 0.25) is 0 Å². The highest BCUT2D eigenvalue weighted by Gasteiger charge is 2.21. The van der Waals surface area contributed by atoms with Crippen LogP contribution in [0.4, 0.5) is 0 Å². The Kier molecular flexibility index (Phi) is 5.91. The Morgan fingerprint density at radius 3 is 2.91 bits per heavy atom. The minimum atomic E-state index is -0.316. The summed E-state index contributed by atoms with van der Waals surface area (Å²) in [4.78, 5) is 13.8. The molecule has 1 atom stereocenters. The number of piperidine rings is 1. The number of nitrogens with one attached hydrogen (secondary N) is 1. The summed E-state index contributed by atoms with van der Waals surface area (Å²) in [7, 11) is 0. The maximum Gasteiger partial charge on any atom is 0.311 e. The van der Waals surface area contributed by atoms with E-state index in [4.69, 9.17) is 39.1 Å². The lowest BCUT2D eigenvalue weighted by atomic mass is 9.93. The van der Waals surface area contributed by atoms with E-state index in [9.17, 15) is 4.79 Å². The molecule has 0 radical (unpaired) electrons. The third-order valence-corrected chi connectivity index (χ3v) is 4.26. The maximum atomic E-state index is 11.9. The molecule has 0 spiro atoms. The van der Waals surface area contributed by atoms with Crippen LogP contribution in [-0.4, -0.2) is 29.9 Å². The average molecular weight is 344 g/mol. The lowest BCUT2D eigenvalue weighted by molar-refractivity contribution is -0.134. The molecule has 0 aliphatic carbocycles. The van der Waals surface area contributed by atoms with Gasteiger partial charge in [-0.25, -0.2) is 0 Å². The molecule has 2 rings (SSSR count). The fraction of sp³-hybridized carbons (Fsp3) is 0.467. The molecule has 1 aliphatic rings. The first kappa shape index (κ1) is 16.9. The zero-order valence-corrected chi connectivity index (χ0v) is 13.7. The molecule has 120 valence electrons. The Hall–Kier alpha value is -1.46. The second-order valence-corrected chi connectivity index (χ2v) is 6.27. The van der Waals surface area contributed by atoms with Gasteiger partial charge < -0.3 is 15.4 Å². The van der Waals surface area contributed by atoms with E-state index in [1.54, 1.807) is 12.1 Å². The summed E-state index contributed by atoms with van der Waals surface area (Å²) in [5, 5.41) is 8.29. The molecular formula is C15H19Cl2N3O2. The van der Waals surface area contributed by atoms with Crippen molar-refractivity contribution in [2.45, 2.75) is 25.7 Å². The monoisotopic (exact) mass is 343 g/mol. The Labute approximate surface area is 139 Å². The molecule has 22 heavy (non-hydrogen) atoms. The first-order chi connectivity index (χ1) is 10.5. The van der Waals surface area contributed by atoms with Gasteiger partial charge in [0.1, 0.15) is 5.75 Å². The second kappa shape index (κ2) is 7.70. The van der Waals surface area contributed by atoms with Crippen molar-refractivity contribution in [1.29, 1.82) is 5.41 Å². The van der Waals surface area contributed by atoms with Crippen LogP contribution in [-0.2, 0) is 4.79 Å². The Balaban J connectivity index is 1.81. The molecule has 5 nitrogen and oxygen atoms in total. The number of likely N-dealkylation sites (tertiary alicyclic amines) is 1. The quantitative estimate of drug-likeness (QED) is 0.380. The van der Waals surface area contributed by atoms with Crippen molar-refractivity contribution >= 4 is 35.1 Å². The van der Waals surface area contributed by atoms with Gasteiger partial charge in [0, 0.05) is 24.5 Å². The van der Waals surface area contributed by atoms with Gasteiger partial charge in [0.25, 0.3) is 0 Å². The Morgan fingerprint density at radius 2 is 2.23 bits per heavy atom. The minimum Gasteiger partial charge on any atom is -0.425 e. The van der Waals surface area contributed by atoms with E-state index in [1.165, 1.54) is 6.07 Å². The molecule has 1 unspecified atom stereocenters. The predicted molar refractivity (Wildman–Crippen MR) is 87.5 cm³/mol. The summed E-state index contributed by atoms with van der Waals surface area (Å²) in [5.74, 6) is 0.459. The third kappa shape index (κ3) is 4.78. The maximum absolute atomic E-state index is 11.9. The van der Waals surface area contributed by atoms with Crippen molar-refractivity contribution in [2.24, 2.45) is 11.7 Å². The van der Waals surface area contributed by atoms with Gasteiger partial charge in [-0.3, -0.25) is 10.2 Å². The fourth-order valence-electron chi connectivity index (χ4n) is 2.57. The zero-order valence-electron chi connectivity index (χ0n) is 12.1. The molecular weight excluding hydrogens is 325 g/mol. The van der Waals surface area contributed by atoms with Crippen molar-refractivity contribution < 1.29 is 9.53 Å². The standard InChI is InChI=1S/C15H19Cl2N3O2/c16-11-4-5-13(12(17)8-11)22-14(21)6-3-10-2-1-7-20(9-10)15(18)19/h4-5,8,10H,1-3,6-7,9H2,(H3,18,19). The van der Waals surface area contributed by atoms with Crippen LogP contribution < -0.4 is 10.5 Å². The number of carbonyl (C=O) groups excluding carboxylic acids is 1. The number of esters is 1. The van der Waals surface area contributed by atoms with Gasteiger partial charge in [-0.2, -0.15) is 0 Å². The minimum absolute atomic E-state index is 0.0974. The summed E-state index contributed by atoms with van der Waals surface area (Å²) in [6.45, 7) is 1.54. The van der Waals surface area contributed by atoms with Crippen LogP contribution in [0.25, 0.3) is 0 Å². The van der Waals surface area contributed by atoms with Crippen molar-refractivity contribution in [3.8, 4) is 5.75 Å². The van der Waals surface area contributed by atoms with E-state index >= 15 is 0 Å². The number of rotatable bonds is 4. The lowest BCUT2D eigenvalue weighted by Crippen LogP contribution is -2.43. The van der Waals surface area contributed by atoms with Crippen LogP contribution in [0.3, 0.4) is 0 Å². The van der Waals surface area contributed by atoms with Gasteiger partial charge in [-0.05, 0) is 43.4 Å². The number of hydrogen-bond donors (Lipinski definition) is 2. The smallest absolute Gasteiger partial charge is 0.311 e. The summed E-state index contributed by atoms with van der Waals surface area (Å²) >= 11 is 11.8. The fourth-order valence-corrected chi connectivity index (χ4v) is 3.02. The van der Waals surface area contributed by atoms with Crippen molar-refractivity contribution in [3.05, 3.63) is 28.2 Å². The van der Waals surface area contributed by atoms with E-state index in [1.807, 2.05) is 4.90 Å². The van der Waals surface area contributed by atoms with Crippen LogP contribution in [0.1, 0.15) is 25.7 Å². The molecule has 0 amide bonds. The number of nitrogens with two attached hydrogens (primary N) is 1. The third-order valence-electron chi connectivity index (χ3n) is 3.73. The zero-order chi connectivity index (χ0) is 16.1. The number of guanidine groups is 1. The van der Waals surface area contributed by atoms with Crippen LogP contribution in [0.5, 0.6) is 5.75 Å². The largest absolute Gasteiger partial charge is 0.425 e. The highest BCUT2D eigenvalue weighted by Crippen LogP contribution is 2.28. The van der Waals surface area contributed by atoms with Gasteiger partial charge in [-0.15, -0.1) is 0 Å². The van der Waals surface area contributed by atoms with E-state index in [0.717, 1.165) is 25.9 Å². The first-order valence-corrected chi connectivity index (χ1v) is 7.96. The van der Waals surface area contributed by atoms with Gasteiger partial charge >= 0.3 is 5.97 Å². The number of benzene rings is 1. The molecule has 1 heterocycles. The summed E-state index contributed by atoms with van der Waals surface area (Å²) < 4.78 is 5.26. The molecule has 0 aromatic heterocycles. The van der Waals surface area contributed by atoms with E-state index < -0.39 is 0 Å². The molecule has 0 saturated carbocycles. The molecule has 3 N–H and O–H groups in total. The number of ether oxygens (including phenoxy) is 1. The first-order valence-electron chi connectivity index (χ1n) is 7.20. The van der Waals surface area contributed by atoms with E-state index in [0.29, 0.717) is 34.6 Å². The lowest BCUT2D eigenvalue weighted by Gasteiger charge is -2.32. The van der Waals surface area contributed by atoms with Crippen LogP contribution >= 0.6 is 23.2 Å².